The molecule has 1 aliphatic rings. The summed E-state index contributed by atoms with van der Waals surface area (Å²) in [6.45, 7) is 7.25. The molecule has 134 valence electrons. The van der Waals surface area contributed by atoms with Crippen molar-refractivity contribution in [1.29, 1.82) is 0 Å². The second kappa shape index (κ2) is 8.14. The maximum Gasteiger partial charge on any atom is 0.319 e. The van der Waals surface area contributed by atoms with E-state index in [9.17, 15) is 4.79 Å². The molecule has 1 aliphatic heterocycles. The molecule has 0 saturated carbocycles. The number of hydrogen-bond acceptors (Lipinski definition) is 3. The van der Waals surface area contributed by atoms with E-state index >= 15 is 0 Å². The fourth-order valence-corrected chi connectivity index (χ4v) is 3.56. The summed E-state index contributed by atoms with van der Waals surface area (Å²) in [5.74, 6) is 1.40. The van der Waals surface area contributed by atoms with Gasteiger partial charge < -0.3 is 9.80 Å². The van der Waals surface area contributed by atoms with Gasteiger partial charge in [0.05, 0.1) is 0 Å². The van der Waals surface area contributed by atoms with Crippen molar-refractivity contribution in [2.75, 3.05) is 26.2 Å². The number of nitrogens with zero attached hydrogens (tertiary/aromatic N) is 5. The number of piperidine rings is 1. The second-order valence-corrected chi connectivity index (χ2v) is 6.57. The Hall–Kier alpha value is -2.37. The minimum atomic E-state index is 0.166. The summed E-state index contributed by atoms with van der Waals surface area (Å²) < 4.78 is 2.05. The lowest BCUT2D eigenvalue weighted by Crippen LogP contribution is -2.47. The predicted octanol–water partition coefficient (Wildman–Crippen LogP) is 2.98. The average Bonchev–Trinajstić information content (AvgIpc) is 3.11. The Balaban J connectivity index is 1.68. The van der Waals surface area contributed by atoms with Crippen LogP contribution in [-0.2, 0) is 6.42 Å². The van der Waals surface area contributed by atoms with Crippen molar-refractivity contribution < 1.29 is 4.79 Å². The molecule has 3 rings (SSSR count). The third-order valence-electron chi connectivity index (χ3n) is 4.95. The van der Waals surface area contributed by atoms with Crippen molar-refractivity contribution in [2.45, 2.75) is 33.1 Å². The van der Waals surface area contributed by atoms with Crippen molar-refractivity contribution in [2.24, 2.45) is 5.92 Å². The van der Waals surface area contributed by atoms with Crippen LogP contribution in [-0.4, -0.2) is 56.8 Å². The number of carbonyl (C=O) groups excluding carboxylic acids is 1. The number of para-hydroxylation sites is 1. The van der Waals surface area contributed by atoms with Gasteiger partial charge in [0.25, 0.3) is 0 Å². The van der Waals surface area contributed by atoms with Gasteiger partial charge in [-0.1, -0.05) is 18.2 Å². The lowest BCUT2D eigenvalue weighted by molar-refractivity contribution is 0.131. The molecule has 0 aliphatic carbocycles. The number of likely N-dealkylation sites (tertiary alicyclic amines) is 1. The van der Waals surface area contributed by atoms with Gasteiger partial charge in [-0.2, -0.15) is 0 Å². The number of aromatic nitrogens is 3. The Morgan fingerprint density at radius 2 is 2.00 bits per heavy atom. The van der Waals surface area contributed by atoms with Crippen LogP contribution in [0.15, 0.2) is 36.7 Å². The molecular formula is C19H27N5O. The number of amides is 2. The highest BCUT2D eigenvalue weighted by molar-refractivity contribution is 5.74. The van der Waals surface area contributed by atoms with E-state index in [1.54, 1.807) is 6.33 Å². The number of rotatable bonds is 5. The summed E-state index contributed by atoms with van der Waals surface area (Å²) in [5, 5.41) is 8.42. The van der Waals surface area contributed by atoms with Crippen LogP contribution in [0.5, 0.6) is 0 Å². The van der Waals surface area contributed by atoms with Crippen LogP contribution in [0.1, 0.15) is 32.5 Å². The Morgan fingerprint density at radius 1 is 1.24 bits per heavy atom. The van der Waals surface area contributed by atoms with Crippen LogP contribution in [0.4, 0.5) is 4.79 Å². The van der Waals surface area contributed by atoms with Gasteiger partial charge in [0.15, 0.2) is 0 Å². The molecular weight excluding hydrogens is 314 g/mol. The van der Waals surface area contributed by atoms with Crippen LogP contribution in [0.3, 0.4) is 0 Å². The summed E-state index contributed by atoms with van der Waals surface area (Å²) in [6.07, 6.45) is 4.80. The topological polar surface area (TPSA) is 54.3 Å². The lowest BCUT2D eigenvalue weighted by Gasteiger charge is -2.35. The van der Waals surface area contributed by atoms with Gasteiger partial charge in [-0.3, -0.25) is 4.57 Å². The standard InChI is InChI=1S/C19H27N5O/c1-3-22(4-2)19(25)23-12-8-9-16(14-23)13-18-21-20-15-24(18)17-10-6-5-7-11-17/h5-7,10-11,15-16H,3-4,8-9,12-14H2,1-2H3. The molecule has 1 saturated heterocycles. The van der Waals surface area contributed by atoms with Crippen LogP contribution >= 0.6 is 0 Å². The third kappa shape index (κ3) is 4.00. The van der Waals surface area contributed by atoms with E-state index in [0.717, 1.165) is 57.0 Å². The van der Waals surface area contributed by atoms with Crippen molar-refractivity contribution in [3.05, 3.63) is 42.5 Å². The minimum Gasteiger partial charge on any atom is -0.325 e. The summed E-state index contributed by atoms with van der Waals surface area (Å²) in [4.78, 5) is 16.5. The Bertz CT molecular complexity index is 680. The molecule has 1 aromatic heterocycles. The SMILES string of the molecule is CCN(CC)C(=O)N1CCCC(Cc2nncn2-c2ccccc2)C1. The minimum absolute atomic E-state index is 0.166. The molecule has 0 radical (unpaired) electrons. The highest BCUT2D eigenvalue weighted by atomic mass is 16.2. The average molecular weight is 341 g/mol. The summed E-state index contributed by atoms with van der Waals surface area (Å²) in [6, 6.07) is 10.3. The van der Waals surface area contributed by atoms with E-state index in [1.807, 2.05) is 46.4 Å². The number of benzene rings is 1. The Labute approximate surface area is 149 Å². The predicted molar refractivity (Wildman–Crippen MR) is 97.7 cm³/mol. The normalized spacial score (nSPS) is 17.5. The van der Waals surface area contributed by atoms with Gasteiger partial charge in [0, 0.05) is 38.3 Å². The lowest BCUT2D eigenvalue weighted by atomic mass is 9.94. The van der Waals surface area contributed by atoms with Gasteiger partial charge >= 0.3 is 6.03 Å². The number of hydrogen-bond donors (Lipinski definition) is 0. The quantitative estimate of drug-likeness (QED) is 0.840. The summed E-state index contributed by atoms with van der Waals surface area (Å²) >= 11 is 0. The van der Waals surface area contributed by atoms with Crippen molar-refractivity contribution in [3.63, 3.8) is 0 Å². The molecule has 1 fully saturated rings. The van der Waals surface area contributed by atoms with E-state index in [1.165, 1.54) is 0 Å². The fraction of sp³-hybridized carbons (Fsp3) is 0.526. The van der Waals surface area contributed by atoms with Gasteiger partial charge in [-0.15, -0.1) is 10.2 Å². The molecule has 0 N–H and O–H groups in total. The Morgan fingerprint density at radius 3 is 2.72 bits per heavy atom. The first-order chi connectivity index (χ1) is 12.2. The summed E-state index contributed by atoms with van der Waals surface area (Å²) in [7, 11) is 0. The zero-order chi connectivity index (χ0) is 17.6. The monoisotopic (exact) mass is 341 g/mol. The maximum absolute atomic E-state index is 12.6. The molecule has 1 aromatic carbocycles. The van der Waals surface area contributed by atoms with Crippen molar-refractivity contribution >= 4 is 6.03 Å². The molecule has 2 amide bonds. The van der Waals surface area contributed by atoms with E-state index in [0.29, 0.717) is 5.92 Å². The van der Waals surface area contributed by atoms with E-state index < -0.39 is 0 Å². The van der Waals surface area contributed by atoms with Gasteiger partial charge in [-0.25, -0.2) is 4.79 Å². The molecule has 6 nitrogen and oxygen atoms in total. The van der Waals surface area contributed by atoms with Crippen LogP contribution in [0.25, 0.3) is 5.69 Å². The molecule has 6 heteroatoms. The molecule has 2 heterocycles. The van der Waals surface area contributed by atoms with Gasteiger partial charge in [0.1, 0.15) is 12.2 Å². The zero-order valence-electron chi connectivity index (χ0n) is 15.1. The van der Waals surface area contributed by atoms with Crippen LogP contribution in [0.2, 0.25) is 0 Å². The first-order valence-corrected chi connectivity index (χ1v) is 9.21. The molecule has 0 spiro atoms. The summed E-state index contributed by atoms with van der Waals surface area (Å²) in [5.41, 5.74) is 1.08. The largest absolute Gasteiger partial charge is 0.325 e. The highest BCUT2D eigenvalue weighted by Gasteiger charge is 2.27. The smallest absolute Gasteiger partial charge is 0.319 e. The van der Waals surface area contributed by atoms with E-state index in [2.05, 4.69) is 22.3 Å². The Kier molecular flexibility index (Phi) is 5.68. The van der Waals surface area contributed by atoms with Crippen LogP contribution < -0.4 is 0 Å². The second-order valence-electron chi connectivity index (χ2n) is 6.57. The van der Waals surface area contributed by atoms with Gasteiger partial charge in [0.2, 0.25) is 0 Å². The van der Waals surface area contributed by atoms with Crippen molar-refractivity contribution in [3.8, 4) is 5.69 Å². The molecule has 0 bridgehead atoms. The number of urea groups is 1. The van der Waals surface area contributed by atoms with Crippen molar-refractivity contribution in [1.82, 2.24) is 24.6 Å². The first-order valence-electron chi connectivity index (χ1n) is 9.21. The molecule has 1 unspecified atom stereocenters. The third-order valence-corrected chi connectivity index (χ3v) is 4.95. The highest BCUT2D eigenvalue weighted by Crippen LogP contribution is 2.22. The zero-order valence-corrected chi connectivity index (χ0v) is 15.1. The molecule has 2 aromatic rings. The van der Waals surface area contributed by atoms with Crippen LogP contribution in [0, 0.1) is 5.92 Å². The van der Waals surface area contributed by atoms with E-state index in [-0.39, 0.29) is 6.03 Å². The van der Waals surface area contributed by atoms with E-state index in [4.69, 9.17) is 0 Å². The maximum atomic E-state index is 12.6. The number of carbonyl (C=O) groups is 1. The fourth-order valence-electron chi connectivity index (χ4n) is 3.56. The first kappa shape index (κ1) is 17.5. The molecule has 1 atom stereocenters. The molecule has 25 heavy (non-hydrogen) atoms. The van der Waals surface area contributed by atoms with Gasteiger partial charge in [-0.05, 0) is 44.7 Å².